The van der Waals surface area contributed by atoms with Crippen LogP contribution in [0.25, 0.3) is 0 Å². The van der Waals surface area contributed by atoms with Crippen molar-refractivity contribution in [2.24, 2.45) is 28.3 Å². The van der Waals surface area contributed by atoms with Crippen LogP contribution < -0.4 is 10.2 Å². The van der Waals surface area contributed by atoms with Crippen molar-refractivity contribution in [3.05, 3.63) is 29.8 Å². The highest BCUT2D eigenvalue weighted by atomic mass is 16.5. The Morgan fingerprint density at radius 2 is 1.63 bits per heavy atom. The lowest BCUT2D eigenvalue weighted by Gasteiger charge is -2.56. The summed E-state index contributed by atoms with van der Waals surface area (Å²) in [5, 5.41) is 4.34. The van der Waals surface area contributed by atoms with Gasteiger partial charge in [-0.05, 0) is 98.4 Å². The van der Waals surface area contributed by atoms with E-state index in [0.717, 1.165) is 29.0 Å². The second-order valence-corrected chi connectivity index (χ2v) is 9.93. The van der Waals surface area contributed by atoms with E-state index in [-0.39, 0.29) is 23.8 Å². The number of rotatable bonds is 7. The zero-order chi connectivity index (χ0) is 21.3. The molecule has 6 nitrogen and oxygen atoms in total. The van der Waals surface area contributed by atoms with Gasteiger partial charge in [0.2, 0.25) is 5.91 Å². The molecule has 0 spiro atoms. The van der Waals surface area contributed by atoms with E-state index in [0.29, 0.717) is 12.2 Å². The van der Waals surface area contributed by atoms with Gasteiger partial charge in [0.05, 0.1) is 5.71 Å². The van der Waals surface area contributed by atoms with Crippen LogP contribution in [-0.4, -0.2) is 43.1 Å². The summed E-state index contributed by atoms with van der Waals surface area (Å²) >= 11 is 0. The first-order chi connectivity index (χ1) is 14.3. The number of nitrogens with zero attached hydrogens (tertiary/aromatic N) is 2. The van der Waals surface area contributed by atoms with Crippen LogP contribution in [0.2, 0.25) is 0 Å². The number of hydrogen-bond acceptors (Lipinski definition) is 4. The number of hydrazone groups is 1. The fourth-order valence-corrected chi connectivity index (χ4v) is 6.16. The second kappa shape index (κ2) is 8.40. The third-order valence-corrected chi connectivity index (χ3v) is 7.18. The van der Waals surface area contributed by atoms with Crippen LogP contribution in [0.1, 0.15) is 57.4 Å². The quantitative estimate of drug-likeness (QED) is 0.550. The van der Waals surface area contributed by atoms with Crippen molar-refractivity contribution in [2.45, 2.75) is 51.9 Å². The maximum absolute atomic E-state index is 12.6. The second-order valence-electron chi connectivity index (χ2n) is 9.93. The van der Waals surface area contributed by atoms with E-state index < -0.39 is 0 Å². The Kier molecular flexibility index (Phi) is 5.85. The Labute approximate surface area is 179 Å². The molecular weight excluding hydrogens is 378 g/mol. The number of nitrogens with one attached hydrogen (secondary N) is 1. The Morgan fingerprint density at radius 1 is 1.07 bits per heavy atom. The normalized spacial score (nSPS) is 29.6. The van der Waals surface area contributed by atoms with E-state index in [2.05, 4.69) is 10.5 Å². The number of likely N-dealkylation sites (N-methyl/N-ethyl adjacent to an activating group) is 1. The molecule has 1 aromatic carbocycles. The highest BCUT2D eigenvalue weighted by molar-refractivity contribution is 5.99. The molecule has 5 rings (SSSR count). The largest absolute Gasteiger partial charge is 0.484 e. The van der Waals surface area contributed by atoms with Crippen molar-refractivity contribution >= 4 is 17.5 Å². The molecule has 1 aromatic rings. The number of benzene rings is 1. The monoisotopic (exact) mass is 411 g/mol. The molecule has 0 atom stereocenters. The minimum Gasteiger partial charge on any atom is -0.484 e. The van der Waals surface area contributed by atoms with Gasteiger partial charge in [-0.3, -0.25) is 9.59 Å². The third-order valence-electron chi connectivity index (χ3n) is 7.18. The van der Waals surface area contributed by atoms with Gasteiger partial charge in [0.25, 0.3) is 5.91 Å². The van der Waals surface area contributed by atoms with E-state index in [4.69, 9.17) is 4.74 Å². The molecule has 1 N–H and O–H groups in total. The van der Waals surface area contributed by atoms with Gasteiger partial charge in [-0.1, -0.05) is 0 Å². The molecule has 2 amide bonds. The van der Waals surface area contributed by atoms with Gasteiger partial charge < -0.3 is 9.64 Å². The Hall–Kier alpha value is -2.37. The summed E-state index contributed by atoms with van der Waals surface area (Å²) < 4.78 is 5.50. The van der Waals surface area contributed by atoms with Crippen LogP contribution in [0.15, 0.2) is 29.4 Å². The molecular formula is C24H33N3O3. The summed E-state index contributed by atoms with van der Waals surface area (Å²) in [5.41, 5.74) is 4.69. The fraction of sp³-hybridized carbons (Fsp3) is 0.625. The van der Waals surface area contributed by atoms with Crippen LogP contribution in [-0.2, 0) is 9.59 Å². The molecule has 0 radical (unpaired) electrons. The van der Waals surface area contributed by atoms with Gasteiger partial charge in [-0.2, -0.15) is 5.10 Å². The molecule has 162 valence electrons. The molecule has 0 aliphatic heterocycles. The molecule has 0 aromatic heterocycles. The van der Waals surface area contributed by atoms with Crippen LogP contribution in [0.4, 0.5) is 0 Å². The average Bonchev–Trinajstić information content (AvgIpc) is 2.69. The Morgan fingerprint density at radius 3 is 2.17 bits per heavy atom. The van der Waals surface area contributed by atoms with Crippen molar-refractivity contribution in [2.75, 3.05) is 20.7 Å². The molecule has 6 heteroatoms. The van der Waals surface area contributed by atoms with Crippen LogP contribution in [0.5, 0.6) is 5.75 Å². The zero-order valence-corrected chi connectivity index (χ0v) is 18.3. The van der Waals surface area contributed by atoms with Crippen LogP contribution in [0, 0.1) is 23.2 Å². The fourth-order valence-electron chi connectivity index (χ4n) is 6.16. The lowest BCUT2D eigenvalue weighted by molar-refractivity contribution is -0.131. The summed E-state index contributed by atoms with van der Waals surface area (Å²) in [6, 6.07) is 7.40. The average molecular weight is 412 g/mol. The first-order valence-electron chi connectivity index (χ1n) is 11.1. The van der Waals surface area contributed by atoms with E-state index in [1.54, 1.807) is 14.1 Å². The standard InChI is InChI=1S/C24H33N3O3/c1-16(20-4-6-21(7-5-20)30-15-23(29)27(2)3)25-26-22(28)14-24-11-17-8-18(12-24)10-19(9-17)13-24/h4-7,17-19H,8-15H2,1-3H3,(H,26,28)/b25-16-. The van der Waals surface area contributed by atoms with E-state index in [1.807, 2.05) is 31.2 Å². The van der Waals surface area contributed by atoms with E-state index >= 15 is 0 Å². The topological polar surface area (TPSA) is 71.0 Å². The minimum absolute atomic E-state index is 0.0137. The van der Waals surface area contributed by atoms with E-state index in [9.17, 15) is 9.59 Å². The van der Waals surface area contributed by atoms with Crippen molar-refractivity contribution in [1.82, 2.24) is 10.3 Å². The SMILES string of the molecule is C/C(=N/NC(=O)CC12CC3CC(CC(C3)C1)C2)c1ccc(OCC(=O)N(C)C)cc1. The molecule has 4 aliphatic rings. The molecule has 4 saturated carbocycles. The van der Waals surface area contributed by atoms with Crippen molar-refractivity contribution in [3.63, 3.8) is 0 Å². The summed E-state index contributed by atoms with van der Waals surface area (Å²) in [4.78, 5) is 25.8. The molecule has 0 saturated heterocycles. The maximum Gasteiger partial charge on any atom is 0.259 e. The van der Waals surface area contributed by atoms with Gasteiger partial charge in [0.1, 0.15) is 5.75 Å². The summed E-state index contributed by atoms with van der Waals surface area (Å²) in [7, 11) is 3.40. The smallest absolute Gasteiger partial charge is 0.259 e. The highest BCUT2D eigenvalue weighted by Crippen LogP contribution is 2.61. The Balaban J connectivity index is 1.29. The van der Waals surface area contributed by atoms with Gasteiger partial charge in [0, 0.05) is 20.5 Å². The van der Waals surface area contributed by atoms with Gasteiger partial charge in [-0.15, -0.1) is 0 Å². The lowest BCUT2D eigenvalue weighted by Crippen LogP contribution is -2.47. The Bertz CT molecular complexity index is 793. The molecule has 4 fully saturated rings. The molecule has 4 aliphatic carbocycles. The molecule has 4 bridgehead atoms. The number of carbonyl (C=O) groups excluding carboxylic acids is 2. The third kappa shape index (κ3) is 4.68. The predicted octanol–water partition coefficient (Wildman–Crippen LogP) is 3.60. The van der Waals surface area contributed by atoms with Crippen molar-refractivity contribution < 1.29 is 14.3 Å². The summed E-state index contributed by atoms with van der Waals surface area (Å²) in [5.74, 6) is 3.14. The molecule has 30 heavy (non-hydrogen) atoms. The first-order valence-corrected chi connectivity index (χ1v) is 11.1. The van der Waals surface area contributed by atoms with Crippen molar-refractivity contribution in [3.8, 4) is 5.75 Å². The highest BCUT2D eigenvalue weighted by Gasteiger charge is 2.51. The van der Waals surface area contributed by atoms with Crippen LogP contribution >= 0.6 is 0 Å². The van der Waals surface area contributed by atoms with Gasteiger partial charge in [-0.25, -0.2) is 5.43 Å². The predicted molar refractivity (Wildman–Crippen MR) is 116 cm³/mol. The minimum atomic E-state index is -0.0847. The van der Waals surface area contributed by atoms with Crippen LogP contribution in [0.3, 0.4) is 0 Å². The summed E-state index contributed by atoms with van der Waals surface area (Å²) in [6.45, 7) is 1.90. The van der Waals surface area contributed by atoms with E-state index in [1.165, 1.54) is 43.4 Å². The zero-order valence-electron chi connectivity index (χ0n) is 18.3. The number of ether oxygens (including phenoxy) is 1. The molecule has 0 unspecified atom stereocenters. The molecule has 0 heterocycles. The van der Waals surface area contributed by atoms with Gasteiger partial charge in [0.15, 0.2) is 6.61 Å². The van der Waals surface area contributed by atoms with Crippen molar-refractivity contribution in [1.29, 1.82) is 0 Å². The number of carbonyl (C=O) groups is 2. The number of hydrogen-bond donors (Lipinski definition) is 1. The lowest BCUT2D eigenvalue weighted by atomic mass is 9.49. The first kappa shape index (κ1) is 20.9. The van der Waals surface area contributed by atoms with Gasteiger partial charge >= 0.3 is 0 Å². The maximum atomic E-state index is 12.6. The summed E-state index contributed by atoms with van der Waals surface area (Å²) in [6.07, 6.45) is 8.47. The number of amides is 2.